The molecule has 0 bridgehead atoms. The summed E-state index contributed by atoms with van der Waals surface area (Å²) in [6.45, 7) is 1.10. The Labute approximate surface area is 200 Å². The second-order valence-corrected chi connectivity index (χ2v) is 8.38. The van der Waals surface area contributed by atoms with Crippen molar-refractivity contribution in [2.24, 2.45) is 5.73 Å². The van der Waals surface area contributed by atoms with Crippen LogP contribution in [0, 0.1) is 0 Å². The van der Waals surface area contributed by atoms with E-state index in [4.69, 9.17) is 10.8 Å². The number of carbonyl (C=O) groups is 2. The molecule has 4 aromatic rings. The normalized spacial score (nSPS) is 15.7. The van der Waals surface area contributed by atoms with Crippen molar-refractivity contribution in [3.05, 3.63) is 60.4 Å². The van der Waals surface area contributed by atoms with Crippen molar-refractivity contribution in [3.63, 3.8) is 0 Å². The third-order valence-corrected chi connectivity index (χ3v) is 5.98. The number of aromatic nitrogens is 4. The van der Waals surface area contributed by atoms with Crippen molar-refractivity contribution in [3.8, 4) is 11.1 Å². The van der Waals surface area contributed by atoms with Gasteiger partial charge in [-0.1, -0.05) is 30.3 Å². The van der Waals surface area contributed by atoms with Crippen molar-refractivity contribution < 1.29 is 14.7 Å². The van der Waals surface area contributed by atoms with E-state index in [9.17, 15) is 9.59 Å². The molecule has 1 atom stereocenters. The summed E-state index contributed by atoms with van der Waals surface area (Å²) in [5, 5.41) is 23.0. The van der Waals surface area contributed by atoms with Gasteiger partial charge in [-0.2, -0.15) is 10.1 Å². The van der Waals surface area contributed by atoms with Gasteiger partial charge in [-0.3, -0.25) is 9.89 Å². The molecule has 0 spiro atoms. The Hall–Kier alpha value is -4.67. The first-order chi connectivity index (χ1) is 17.0. The number of rotatable bonds is 6. The largest absolute Gasteiger partial charge is 0.465 e. The van der Waals surface area contributed by atoms with E-state index in [-0.39, 0.29) is 17.4 Å². The number of fused-ring (bicyclic) bond motifs is 1. The lowest BCUT2D eigenvalue weighted by molar-refractivity contribution is 0.100. The molecule has 35 heavy (non-hydrogen) atoms. The van der Waals surface area contributed by atoms with Gasteiger partial charge in [0.1, 0.15) is 11.4 Å². The highest BCUT2D eigenvalue weighted by Crippen LogP contribution is 2.33. The molecule has 1 saturated heterocycles. The number of nitrogens with one attached hydrogen (secondary N) is 3. The maximum Gasteiger partial charge on any atom is 0.404 e. The van der Waals surface area contributed by atoms with Gasteiger partial charge >= 0.3 is 6.09 Å². The minimum Gasteiger partial charge on any atom is -0.465 e. The maximum atomic E-state index is 12.1. The Morgan fingerprint density at radius 1 is 1.17 bits per heavy atom. The highest BCUT2D eigenvalue weighted by molar-refractivity contribution is 6.00. The number of carboxylic acid groups (broad SMARTS) is 1. The maximum absolute atomic E-state index is 12.1. The number of H-pyrrole nitrogens is 1. The smallest absolute Gasteiger partial charge is 0.404 e. The highest BCUT2D eigenvalue weighted by atomic mass is 16.4. The standard InChI is InChI=1S/C24H24N8O3/c25-21(33)19-11-26-23(32-8-4-7-15(13-32)29-24(34)35)30-22(19)28-16-9-17(14-5-2-1-3-6-14)18-12-27-31-20(18)10-16/h1-3,5-6,9-12,15,29H,4,7-8,13H2,(H2,25,33)(H,27,31)(H,34,35)(H,26,28,30). The summed E-state index contributed by atoms with van der Waals surface area (Å²) in [6.07, 6.45) is 3.63. The molecular weight excluding hydrogens is 448 g/mol. The summed E-state index contributed by atoms with van der Waals surface area (Å²) in [6, 6.07) is 13.5. The van der Waals surface area contributed by atoms with Crippen molar-refractivity contribution >= 4 is 40.4 Å². The monoisotopic (exact) mass is 472 g/mol. The SMILES string of the molecule is NC(=O)c1cnc(N2CCCC(NC(=O)O)C2)nc1Nc1cc(-c2ccccc2)c2cn[nH]c2c1. The van der Waals surface area contributed by atoms with E-state index in [1.54, 1.807) is 6.20 Å². The van der Waals surface area contributed by atoms with Crippen molar-refractivity contribution in [1.82, 2.24) is 25.5 Å². The minimum atomic E-state index is -1.06. The van der Waals surface area contributed by atoms with Crippen LogP contribution in [0.2, 0.25) is 0 Å². The number of hydrogen-bond donors (Lipinski definition) is 5. The number of anilines is 3. The van der Waals surface area contributed by atoms with Crippen molar-refractivity contribution in [1.29, 1.82) is 0 Å². The predicted molar refractivity (Wildman–Crippen MR) is 132 cm³/mol. The molecule has 1 aliphatic heterocycles. The number of nitrogens with zero attached hydrogens (tertiary/aromatic N) is 4. The van der Waals surface area contributed by atoms with E-state index in [0.717, 1.165) is 34.9 Å². The molecule has 2 aromatic carbocycles. The van der Waals surface area contributed by atoms with E-state index in [1.807, 2.05) is 47.4 Å². The number of carbonyl (C=O) groups excluding carboxylic acids is 1. The molecule has 1 unspecified atom stereocenters. The minimum absolute atomic E-state index is 0.150. The predicted octanol–water partition coefficient (Wildman–Crippen LogP) is 3.10. The Kier molecular flexibility index (Phi) is 5.88. The quantitative estimate of drug-likeness (QED) is 0.286. The first kappa shape index (κ1) is 22.1. The van der Waals surface area contributed by atoms with Gasteiger partial charge in [-0.15, -0.1) is 0 Å². The number of amides is 2. The zero-order chi connectivity index (χ0) is 24.4. The second kappa shape index (κ2) is 9.29. The summed E-state index contributed by atoms with van der Waals surface area (Å²) >= 11 is 0. The fourth-order valence-corrected chi connectivity index (χ4v) is 4.37. The molecule has 1 fully saturated rings. The van der Waals surface area contributed by atoms with Gasteiger partial charge in [0.15, 0.2) is 0 Å². The highest BCUT2D eigenvalue weighted by Gasteiger charge is 2.24. The number of nitrogens with two attached hydrogens (primary N) is 1. The van der Waals surface area contributed by atoms with Gasteiger partial charge in [-0.25, -0.2) is 9.78 Å². The van der Waals surface area contributed by atoms with Gasteiger partial charge in [0.2, 0.25) is 5.95 Å². The number of aromatic amines is 1. The molecule has 1 aliphatic rings. The first-order valence-corrected chi connectivity index (χ1v) is 11.2. The fourth-order valence-electron chi connectivity index (χ4n) is 4.37. The Morgan fingerprint density at radius 2 is 2.00 bits per heavy atom. The molecule has 2 amide bonds. The van der Waals surface area contributed by atoms with E-state index < -0.39 is 12.0 Å². The lowest BCUT2D eigenvalue weighted by atomic mass is 10.0. The molecule has 5 rings (SSSR count). The lowest BCUT2D eigenvalue weighted by Gasteiger charge is -2.32. The number of hydrogen-bond acceptors (Lipinski definition) is 7. The van der Waals surface area contributed by atoms with Crippen LogP contribution in [-0.2, 0) is 0 Å². The Bertz CT molecular complexity index is 1390. The molecule has 0 radical (unpaired) electrons. The number of piperidine rings is 1. The summed E-state index contributed by atoms with van der Waals surface area (Å²) in [5.41, 5.74) is 9.25. The average Bonchev–Trinajstić information content (AvgIpc) is 3.32. The van der Waals surface area contributed by atoms with Gasteiger partial charge in [0.25, 0.3) is 5.91 Å². The van der Waals surface area contributed by atoms with Crippen molar-refractivity contribution in [2.45, 2.75) is 18.9 Å². The molecule has 178 valence electrons. The van der Waals surface area contributed by atoms with E-state index in [2.05, 4.69) is 30.8 Å². The Morgan fingerprint density at radius 3 is 2.77 bits per heavy atom. The number of primary amides is 1. The summed E-state index contributed by atoms with van der Waals surface area (Å²) in [5.74, 6) is 0.00278. The van der Waals surface area contributed by atoms with E-state index in [1.165, 1.54) is 6.20 Å². The third-order valence-electron chi connectivity index (χ3n) is 5.98. The summed E-state index contributed by atoms with van der Waals surface area (Å²) < 4.78 is 0. The number of benzene rings is 2. The van der Waals surface area contributed by atoms with Crippen LogP contribution in [0.4, 0.5) is 22.2 Å². The van der Waals surface area contributed by atoms with E-state index >= 15 is 0 Å². The molecule has 3 heterocycles. The Balaban J connectivity index is 1.50. The molecular formula is C24H24N8O3. The van der Waals surface area contributed by atoms with Crippen LogP contribution < -0.4 is 21.3 Å². The van der Waals surface area contributed by atoms with Gasteiger partial charge in [-0.05, 0) is 36.1 Å². The summed E-state index contributed by atoms with van der Waals surface area (Å²) in [4.78, 5) is 34.0. The van der Waals surface area contributed by atoms with E-state index in [0.29, 0.717) is 24.7 Å². The topological polar surface area (TPSA) is 162 Å². The molecule has 0 aliphatic carbocycles. The zero-order valence-electron chi connectivity index (χ0n) is 18.7. The van der Waals surface area contributed by atoms with Gasteiger partial charge < -0.3 is 26.4 Å². The van der Waals surface area contributed by atoms with Crippen LogP contribution in [0.1, 0.15) is 23.2 Å². The van der Waals surface area contributed by atoms with Crippen LogP contribution in [0.3, 0.4) is 0 Å². The van der Waals surface area contributed by atoms with Crippen LogP contribution in [0.15, 0.2) is 54.9 Å². The fraction of sp³-hybridized carbons (Fsp3) is 0.208. The van der Waals surface area contributed by atoms with Crippen LogP contribution in [-0.4, -0.2) is 56.4 Å². The molecule has 6 N–H and O–H groups in total. The molecule has 11 heteroatoms. The first-order valence-electron chi connectivity index (χ1n) is 11.2. The van der Waals surface area contributed by atoms with Gasteiger partial charge in [0.05, 0.1) is 11.7 Å². The molecule has 11 nitrogen and oxygen atoms in total. The van der Waals surface area contributed by atoms with Crippen LogP contribution in [0.25, 0.3) is 22.0 Å². The summed E-state index contributed by atoms with van der Waals surface area (Å²) in [7, 11) is 0. The third kappa shape index (κ3) is 4.69. The lowest BCUT2D eigenvalue weighted by Crippen LogP contribution is -2.48. The van der Waals surface area contributed by atoms with Crippen LogP contribution in [0.5, 0.6) is 0 Å². The molecule has 2 aromatic heterocycles. The van der Waals surface area contributed by atoms with Crippen LogP contribution >= 0.6 is 0 Å². The second-order valence-electron chi connectivity index (χ2n) is 8.38. The zero-order valence-corrected chi connectivity index (χ0v) is 18.7. The molecule has 0 saturated carbocycles. The van der Waals surface area contributed by atoms with Crippen molar-refractivity contribution in [2.75, 3.05) is 23.3 Å². The average molecular weight is 473 g/mol. The van der Waals surface area contributed by atoms with Gasteiger partial charge in [0, 0.05) is 36.4 Å².